The maximum absolute atomic E-state index is 5.50. The molecule has 0 spiro atoms. The van der Waals surface area contributed by atoms with E-state index in [1.165, 1.54) is 81.8 Å². The molecule has 0 N–H and O–H groups in total. The zero-order valence-corrected chi connectivity index (χ0v) is 34.9. The van der Waals surface area contributed by atoms with E-state index in [0.29, 0.717) is 0 Å². The first-order valence-electron chi connectivity index (χ1n) is 22.4. The molecule has 3 heterocycles. The predicted molar refractivity (Wildman–Crippen MR) is 267 cm³/mol. The van der Waals surface area contributed by atoms with Crippen LogP contribution in [0.15, 0.2) is 200 Å². The molecule has 11 aromatic rings. The number of aromatic nitrogens is 3. The average molecular weight is 817 g/mol. The van der Waals surface area contributed by atoms with Crippen molar-refractivity contribution < 1.29 is 0 Å². The van der Waals surface area contributed by atoms with E-state index in [1.54, 1.807) is 0 Å². The first-order valence-corrected chi connectivity index (χ1v) is 22.4. The molecule has 0 saturated carbocycles. The molecule has 2 aromatic heterocycles. The number of hydrogen-bond donors (Lipinski definition) is 0. The second-order valence-corrected chi connectivity index (χ2v) is 17.6. The van der Waals surface area contributed by atoms with Gasteiger partial charge in [0.15, 0.2) is 0 Å². The number of allylic oxidation sites excluding steroid dienone is 2. The lowest BCUT2D eigenvalue weighted by molar-refractivity contribution is 0.728. The highest BCUT2D eigenvalue weighted by Gasteiger charge is 2.40. The van der Waals surface area contributed by atoms with Crippen LogP contribution in [-0.4, -0.2) is 20.4 Å². The minimum atomic E-state index is 0.0753. The maximum atomic E-state index is 5.50. The fraction of sp³-hybridized carbons (Fsp3) is 0.0667. The normalized spacial score (nSPS) is 17.6. The van der Waals surface area contributed by atoms with Crippen LogP contribution in [0, 0.1) is 0 Å². The van der Waals surface area contributed by atoms with Crippen molar-refractivity contribution in [2.75, 3.05) is 4.90 Å². The molecule has 0 saturated heterocycles. The van der Waals surface area contributed by atoms with Gasteiger partial charge in [-0.2, -0.15) is 0 Å². The lowest BCUT2D eigenvalue weighted by Gasteiger charge is -2.29. The largest absolute Gasteiger partial charge is 0.303 e. The van der Waals surface area contributed by atoms with Gasteiger partial charge in [-0.15, -0.1) is 0 Å². The predicted octanol–water partition coefficient (Wildman–Crippen LogP) is 13.3. The Morgan fingerprint density at radius 3 is 1.88 bits per heavy atom. The fourth-order valence-corrected chi connectivity index (χ4v) is 11.2. The molecule has 1 aliphatic heterocycles. The van der Waals surface area contributed by atoms with E-state index in [-0.39, 0.29) is 17.9 Å². The van der Waals surface area contributed by atoms with Gasteiger partial charge < -0.3 is 4.90 Å². The first kappa shape index (κ1) is 35.5. The van der Waals surface area contributed by atoms with E-state index >= 15 is 0 Å². The SMILES string of the molecule is C1=CC2c3ccc(C4C=c5c(-c6ccc7ccccc7c6)c6ccccc6c(-c6ccc7ccccc7c6)c5=CC4)cc3N(c3nc4ccccc4c4nc5ccccc5n34)C2C=C1. The van der Waals surface area contributed by atoms with Crippen molar-refractivity contribution >= 4 is 83.7 Å². The fourth-order valence-electron chi connectivity index (χ4n) is 11.2. The minimum Gasteiger partial charge on any atom is -0.303 e. The Kier molecular flexibility index (Phi) is 7.61. The Morgan fingerprint density at radius 1 is 0.500 bits per heavy atom. The molecular weight excluding hydrogens is 777 g/mol. The summed E-state index contributed by atoms with van der Waals surface area (Å²) in [6, 6.07) is 64.6. The summed E-state index contributed by atoms with van der Waals surface area (Å²) in [6.07, 6.45) is 15.1. The third kappa shape index (κ3) is 5.23. The first-order chi connectivity index (χ1) is 31.7. The van der Waals surface area contributed by atoms with Crippen molar-refractivity contribution in [2.45, 2.75) is 24.3 Å². The molecule has 0 bridgehead atoms. The molecule has 2 aliphatic carbocycles. The van der Waals surface area contributed by atoms with Crippen LogP contribution < -0.4 is 15.3 Å². The van der Waals surface area contributed by atoms with Crippen molar-refractivity contribution in [1.29, 1.82) is 0 Å². The van der Waals surface area contributed by atoms with Gasteiger partial charge in [0.1, 0.15) is 5.65 Å². The van der Waals surface area contributed by atoms with Crippen LogP contribution in [0.5, 0.6) is 0 Å². The molecule has 3 atom stereocenters. The lowest BCUT2D eigenvalue weighted by Crippen LogP contribution is -2.33. The second-order valence-electron chi connectivity index (χ2n) is 17.6. The molecule has 0 fully saturated rings. The summed E-state index contributed by atoms with van der Waals surface area (Å²) >= 11 is 0. The van der Waals surface area contributed by atoms with Crippen molar-refractivity contribution in [3.05, 3.63) is 222 Å². The van der Waals surface area contributed by atoms with Crippen LogP contribution >= 0.6 is 0 Å². The highest BCUT2D eigenvalue weighted by atomic mass is 15.3. The third-order valence-electron chi connectivity index (χ3n) is 14.2. The van der Waals surface area contributed by atoms with Crippen LogP contribution in [-0.2, 0) is 0 Å². The number of benzene rings is 9. The summed E-state index contributed by atoms with van der Waals surface area (Å²) in [5.41, 5.74) is 12.8. The van der Waals surface area contributed by atoms with Crippen molar-refractivity contribution in [3.8, 4) is 22.3 Å². The van der Waals surface area contributed by atoms with E-state index < -0.39 is 0 Å². The molecule has 4 nitrogen and oxygen atoms in total. The Balaban J connectivity index is 1.01. The highest BCUT2D eigenvalue weighted by molar-refractivity contribution is 6.08. The number of rotatable bonds is 4. The summed E-state index contributed by atoms with van der Waals surface area (Å²) in [5.74, 6) is 1.24. The van der Waals surface area contributed by atoms with Crippen molar-refractivity contribution in [3.63, 3.8) is 0 Å². The highest BCUT2D eigenvalue weighted by Crippen LogP contribution is 2.49. The zero-order valence-electron chi connectivity index (χ0n) is 34.9. The van der Waals surface area contributed by atoms with Crippen molar-refractivity contribution in [1.82, 2.24) is 14.4 Å². The van der Waals surface area contributed by atoms with Crippen molar-refractivity contribution in [2.24, 2.45) is 0 Å². The molecule has 64 heavy (non-hydrogen) atoms. The van der Waals surface area contributed by atoms with Gasteiger partial charge in [-0.05, 0) is 125 Å². The van der Waals surface area contributed by atoms with E-state index in [2.05, 4.69) is 222 Å². The maximum Gasteiger partial charge on any atom is 0.217 e. The van der Waals surface area contributed by atoms with E-state index in [9.17, 15) is 0 Å². The number of nitrogens with zero attached hydrogens (tertiary/aromatic N) is 4. The average Bonchev–Trinajstić information content (AvgIpc) is 3.91. The molecule has 9 aromatic carbocycles. The second kappa shape index (κ2) is 13.7. The summed E-state index contributed by atoms with van der Waals surface area (Å²) in [7, 11) is 0. The van der Waals surface area contributed by atoms with Gasteiger partial charge in [0.05, 0.1) is 22.6 Å². The molecule has 3 unspecified atom stereocenters. The van der Waals surface area contributed by atoms with Gasteiger partial charge >= 0.3 is 0 Å². The Labute approximate surface area is 369 Å². The third-order valence-corrected chi connectivity index (χ3v) is 14.2. The molecule has 3 aliphatic rings. The van der Waals surface area contributed by atoms with Gasteiger partial charge in [0, 0.05) is 22.9 Å². The van der Waals surface area contributed by atoms with Gasteiger partial charge in [0.25, 0.3) is 0 Å². The Hall–Kier alpha value is -8.08. The molecular formula is C60H40N4. The van der Waals surface area contributed by atoms with Crippen LogP contribution in [0.4, 0.5) is 11.6 Å². The molecule has 0 radical (unpaired) electrons. The standard InChI is InChI=1S/C60H40N4/c1-3-15-39-33-43(27-25-37(39)13-1)57-47-18-5-6-19-48(47)58(44-28-26-38-14-2-4-16-40(38)34-44)51-35-41(30-32-49(51)57)42-29-31-46-45-17-8-11-23-54(45)63(56(46)36-42)60-62-52-21-9-7-20-50(52)59-61-53-22-10-12-24-55(53)64(59)60/h1-29,31-36,41,45,54H,30H2. The zero-order chi connectivity index (χ0) is 41.9. The monoisotopic (exact) mass is 816 g/mol. The van der Waals surface area contributed by atoms with Crippen LogP contribution in [0.2, 0.25) is 0 Å². The summed E-state index contributed by atoms with van der Waals surface area (Å²) < 4.78 is 2.29. The van der Waals surface area contributed by atoms with Crippen LogP contribution in [0.1, 0.15) is 29.4 Å². The molecule has 0 amide bonds. The quantitative estimate of drug-likeness (QED) is 0.177. The number of para-hydroxylation sites is 3. The summed E-state index contributed by atoms with van der Waals surface area (Å²) in [5, 5.41) is 11.2. The van der Waals surface area contributed by atoms with Gasteiger partial charge in [-0.25, -0.2) is 9.97 Å². The number of fused-ring (bicyclic) bond motifs is 12. The van der Waals surface area contributed by atoms with Crippen LogP contribution in [0.25, 0.3) is 94.3 Å². The molecule has 4 heteroatoms. The molecule has 14 rings (SSSR count). The van der Waals surface area contributed by atoms with Crippen LogP contribution in [0.3, 0.4) is 0 Å². The minimum absolute atomic E-state index is 0.0753. The lowest BCUT2D eigenvalue weighted by atomic mass is 9.82. The molecule has 300 valence electrons. The van der Waals surface area contributed by atoms with Gasteiger partial charge in [-0.3, -0.25) is 4.40 Å². The van der Waals surface area contributed by atoms with Gasteiger partial charge in [0.2, 0.25) is 5.95 Å². The smallest absolute Gasteiger partial charge is 0.217 e. The van der Waals surface area contributed by atoms with E-state index in [4.69, 9.17) is 9.97 Å². The summed E-state index contributed by atoms with van der Waals surface area (Å²) in [4.78, 5) is 13.2. The Morgan fingerprint density at radius 2 is 1.12 bits per heavy atom. The Bertz CT molecular complexity index is 3980. The topological polar surface area (TPSA) is 33.4 Å². The number of anilines is 2. The number of imidazole rings is 1. The number of hydrogen-bond acceptors (Lipinski definition) is 3. The summed E-state index contributed by atoms with van der Waals surface area (Å²) in [6.45, 7) is 0. The van der Waals surface area contributed by atoms with E-state index in [0.717, 1.165) is 40.0 Å². The van der Waals surface area contributed by atoms with E-state index in [1.807, 2.05) is 0 Å². The van der Waals surface area contributed by atoms with Gasteiger partial charge in [-0.1, -0.05) is 170 Å².